The van der Waals surface area contributed by atoms with Crippen LogP contribution in [0.25, 0.3) is 0 Å². The average molecular weight is 250 g/mol. The van der Waals surface area contributed by atoms with E-state index in [0.29, 0.717) is 11.7 Å². The van der Waals surface area contributed by atoms with Crippen molar-refractivity contribution >= 4 is 5.82 Å². The fourth-order valence-electron chi connectivity index (χ4n) is 2.22. The van der Waals surface area contributed by atoms with Crippen LogP contribution in [0.3, 0.4) is 0 Å². The van der Waals surface area contributed by atoms with Gasteiger partial charge in [0.1, 0.15) is 12.1 Å². The van der Waals surface area contributed by atoms with Crippen molar-refractivity contribution < 1.29 is 4.74 Å². The van der Waals surface area contributed by atoms with Crippen molar-refractivity contribution in [1.82, 2.24) is 9.97 Å². The van der Waals surface area contributed by atoms with Crippen molar-refractivity contribution in [3.05, 3.63) is 11.9 Å². The average Bonchev–Trinajstić information content (AvgIpc) is 2.34. The van der Waals surface area contributed by atoms with E-state index in [2.05, 4.69) is 22.3 Å². The minimum Gasteiger partial charge on any atom is -0.477 e. The summed E-state index contributed by atoms with van der Waals surface area (Å²) >= 11 is 0. The molecule has 0 bridgehead atoms. The normalized spacial score (nSPS) is 15.2. The Balaban J connectivity index is 1.96. The van der Waals surface area contributed by atoms with Crippen LogP contribution in [0, 0.1) is 5.92 Å². The van der Waals surface area contributed by atoms with Crippen LogP contribution in [0.15, 0.2) is 6.33 Å². The standard InChI is InChI=1S/C13H22N4O/c1-2-4-11-12(17-14)15-9-16-13(11)18-8-7-10-5-3-6-10/h9-10H,2-8,14H2,1H3,(H,15,16,17). The van der Waals surface area contributed by atoms with Crippen LogP contribution in [0.2, 0.25) is 0 Å². The highest BCUT2D eigenvalue weighted by atomic mass is 16.5. The summed E-state index contributed by atoms with van der Waals surface area (Å²) in [4.78, 5) is 8.34. The first-order chi connectivity index (χ1) is 8.85. The minimum absolute atomic E-state index is 0.672. The number of hydrazine groups is 1. The predicted molar refractivity (Wildman–Crippen MR) is 71.3 cm³/mol. The summed E-state index contributed by atoms with van der Waals surface area (Å²) in [6, 6.07) is 0. The molecule has 0 aliphatic heterocycles. The molecule has 100 valence electrons. The Bertz CT molecular complexity index is 379. The topological polar surface area (TPSA) is 73.1 Å². The largest absolute Gasteiger partial charge is 0.477 e. The maximum Gasteiger partial charge on any atom is 0.221 e. The van der Waals surface area contributed by atoms with Crippen molar-refractivity contribution in [3.8, 4) is 5.88 Å². The Morgan fingerprint density at radius 1 is 1.44 bits per heavy atom. The summed E-state index contributed by atoms with van der Waals surface area (Å²) in [7, 11) is 0. The van der Waals surface area contributed by atoms with E-state index >= 15 is 0 Å². The summed E-state index contributed by atoms with van der Waals surface area (Å²) < 4.78 is 5.79. The molecule has 0 saturated heterocycles. The third-order valence-corrected chi connectivity index (χ3v) is 3.53. The van der Waals surface area contributed by atoms with E-state index in [-0.39, 0.29) is 0 Å². The number of aromatic nitrogens is 2. The maximum absolute atomic E-state index is 5.79. The molecule has 1 aliphatic carbocycles. The molecule has 1 fully saturated rings. The molecule has 1 aromatic heterocycles. The van der Waals surface area contributed by atoms with Crippen LogP contribution in [0.4, 0.5) is 5.82 Å². The summed E-state index contributed by atoms with van der Waals surface area (Å²) in [5.74, 6) is 7.67. The maximum atomic E-state index is 5.79. The molecule has 0 aromatic carbocycles. The molecule has 5 heteroatoms. The van der Waals surface area contributed by atoms with Crippen LogP contribution in [0.1, 0.15) is 44.6 Å². The molecule has 3 N–H and O–H groups in total. The van der Waals surface area contributed by atoms with E-state index in [0.717, 1.165) is 37.4 Å². The first-order valence-corrected chi connectivity index (χ1v) is 6.78. The second-order valence-electron chi connectivity index (χ2n) is 4.83. The lowest BCUT2D eigenvalue weighted by Crippen LogP contribution is -2.16. The van der Waals surface area contributed by atoms with Crippen molar-refractivity contribution in [3.63, 3.8) is 0 Å². The summed E-state index contributed by atoms with van der Waals surface area (Å²) in [5, 5.41) is 0. The molecule has 0 spiro atoms. The van der Waals surface area contributed by atoms with Crippen molar-refractivity contribution in [2.75, 3.05) is 12.0 Å². The number of hydrogen-bond donors (Lipinski definition) is 2. The number of ether oxygens (including phenoxy) is 1. The van der Waals surface area contributed by atoms with Crippen LogP contribution in [-0.4, -0.2) is 16.6 Å². The number of anilines is 1. The molecule has 0 unspecified atom stereocenters. The predicted octanol–water partition coefficient (Wildman–Crippen LogP) is 2.28. The molecule has 1 aromatic rings. The van der Waals surface area contributed by atoms with Gasteiger partial charge in [-0.15, -0.1) is 0 Å². The van der Waals surface area contributed by atoms with Gasteiger partial charge in [-0.1, -0.05) is 32.6 Å². The van der Waals surface area contributed by atoms with E-state index in [9.17, 15) is 0 Å². The molecular formula is C13H22N4O. The lowest BCUT2D eigenvalue weighted by atomic mass is 9.83. The summed E-state index contributed by atoms with van der Waals surface area (Å²) in [6.45, 7) is 2.86. The molecule has 0 amide bonds. The number of nitrogens with one attached hydrogen (secondary N) is 1. The first-order valence-electron chi connectivity index (χ1n) is 6.78. The van der Waals surface area contributed by atoms with Gasteiger partial charge in [0.05, 0.1) is 12.2 Å². The molecular weight excluding hydrogens is 228 g/mol. The van der Waals surface area contributed by atoms with E-state index < -0.39 is 0 Å². The molecule has 1 aliphatic rings. The second kappa shape index (κ2) is 6.54. The molecule has 18 heavy (non-hydrogen) atoms. The van der Waals surface area contributed by atoms with Gasteiger partial charge in [0.2, 0.25) is 5.88 Å². The van der Waals surface area contributed by atoms with Gasteiger partial charge < -0.3 is 10.2 Å². The van der Waals surface area contributed by atoms with Crippen LogP contribution in [0.5, 0.6) is 5.88 Å². The Kier molecular flexibility index (Phi) is 4.75. The van der Waals surface area contributed by atoms with Crippen molar-refractivity contribution in [1.29, 1.82) is 0 Å². The SMILES string of the molecule is CCCc1c(NN)ncnc1OCCC1CCC1. The van der Waals surface area contributed by atoms with Gasteiger partial charge in [-0.25, -0.2) is 15.8 Å². The van der Waals surface area contributed by atoms with Crippen LogP contribution in [-0.2, 0) is 6.42 Å². The van der Waals surface area contributed by atoms with E-state index in [4.69, 9.17) is 10.6 Å². The Morgan fingerprint density at radius 2 is 2.28 bits per heavy atom. The third kappa shape index (κ3) is 3.10. The number of nitrogen functional groups attached to an aromatic ring is 1. The van der Waals surface area contributed by atoms with Gasteiger partial charge in [-0.3, -0.25) is 0 Å². The van der Waals surface area contributed by atoms with Crippen LogP contribution < -0.4 is 16.0 Å². The smallest absolute Gasteiger partial charge is 0.221 e. The molecule has 0 radical (unpaired) electrons. The quantitative estimate of drug-likeness (QED) is 0.573. The fraction of sp³-hybridized carbons (Fsp3) is 0.692. The lowest BCUT2D eigenvalue weighted by Gasteiger charge is -2.25. The Labute approximate surface area is 108 Å². The zero-order chi connectivity index (χ0) is 12.8. The lowest BCUT2D eigenvalue weighted by molar-refractivity contribution is 0.216. The highest BCUT2D eigenvalue weighted by Crippen LogP contribution is 2.30. The third-order valence-electron chi connectivity index (χ3n) is 3.53. The van der Waals surface area contributed by atoms with Gasteiger partial charge in [0, 0.05) is 0 Å². The van der Waals surface area contributed by atoms with E-state index in [1.807, 2.05) is 0 Å². The first kappa shape index (κ1) is 13.1. The molecule has 0 atom stereocenters. The van der Waals surface area contributed by atoms with Gasteiger partial charge >= 0.3 is 0 Å². The summed E-state index contributed by atoms with van der Waals surface area (Å²) in [5.41, 5.74) is 3.59. The second-order valence-corrected chi connectivity index (χ2v) is 4.83. The molecule has 1 heterocycles. The van der Waals surface area contributed by atoms with Gasteiger partial charge in [-0.05, 0) is 18.8 Å². The highest BCUT2D eigenvalue weighted by molar-refractivity contribution is 5.47. The fourth-order valence-corrected chi connectivity index (χ4v) is 2.22. The van der Waals surface area contributed by atoms with E-state index in [1.54, 1.807) is 0 Å². The minimum atomic E-state index is 0.672. The van der Waals surface area contributed by atoms with Gasteiger partial charge in [0.25, 0.3) is 0 Å². The summed E-state index contributed by atoms with van der Waals surface area (Å²) in [6.07, 6.45) is 8.59. The number of nitrogens with zero attached hydrogens (tertiary/aromatic N) is 2. The zero-order valence-electron chi connectivity index (χ0n) is 11.0. The molecule has 5 nitrogen and oxygen atoms in total. The Morgan fingerprint density at radius 3 is 2.89 bits per heavy atom. The number of nitrogens with two attached hydrogens (primary N) is 1. The number of hydrogen-bond acceptors (Lipinski definition) is 5. The number of rotatable bonds is 7. The van der Waals surface area contributed by atoms with Gasteiger partial charge in [0.15, 0.2) is 0 Å². The Hall–Kier alpha value is -1.36. The van der Waals surface area contributed by atoms with Crippen molar-refractivity contribution in [2.24, 2.45) is 11.8 Å². The monoisotopic (exact) mass is 250 g/mol. The van der Waals surface area contributed by atoms with Crippen LogP contribution >= 0.6 is 0 Å². The van der Waals surface area contributed by atoms with E-state index in [1.165, 1.54) is 25.6 Å². The zero-order valence-corrected chi connectivity index (χ0v) is 11.0. The van der Waals surface area contributed by atoms with Gasteiger partial charge in [-0.2, -0.15) is 0 Å². The molecule has 2 rings (SSSR count). The van der Waals surface area contributed by atoms with Crippen molar-refractivity contribution in [2.45, 2.75) is 45.4 Å². The highest BCUT2D eigenvalue weighted by Gasteiger charge is 2.18. The molecule has 1 saturated carbocycles.